The van der Waals surface area contributed by atoms with Gasteiger partial charge in [0, 0.05) is 12.4 Å². The first-order valence-electron chi connectivity index (χ1n) is 3.93. The predicted molar refractivity (Wildman–Crippen MR) is 54.7 cm³/mol. The van der Waals surface area contributed by atoms with Crippen LogP contribution in [0.2, 0.25) is 0 Å². The molecule has 0 aliphatic carbocycles. The lowest BCUT2D eigenvalue weighted by Crippen LogP contribution is -2.02. The van der Waals surface area contributed by atoms with Crippen molar-refractivity contribution < 1.29 is 4.74 Å². The van der Waals surface area contributed by atoms with Crippen LogP contribution >= 0.6 is 15.9 Å². The normalized spacial score (nSPS) is 12.9. The van der Waals surface area contributed by atoms with E-state index in [0.29, 0.717) is 0 Å². The Morgan fingerprint density at radius 2 is 2.25 bits per heavy atom. The Balaban J connectivity index is 2.85. The highest BCUT2D eigenvalue weighted by Gasteiger charge is 2.07. The Morgan fingerprint density at radius 3 is 2.75 bits per heavy atom. The van der Waals surface area contributed by atoms with Gasteiger partial charge in [-0.25, -0.2) is 0 Å². The van der Waals surface area contributed by atoms with Crippen molar-refractivity contribution in [2.45, 2.75) is 13.0 Å². The van der Waals surface area contributed by atoms with Crippen molar-refractivity contribution in [3.63, 3.8) is 0 Å². The van der Waals surface area contributed by atoms with Gasteiger partial charge in [-0.05, 0) is 12.5 Å². The van der Waals surface area contributed by atoms with Crippen molar-refractivity contribution in [3.8, 4) is 0 Å². The lowest BCUT2D eigenvalue weighted by molar-refractivity contribution is 0.124. The summed E-state index contributed by atoms with van der Waals surface area (Å²) in [6.07, 6.45) is 0.171. The maximum absolute atomic E-state index is 5.29. The minimum absolute atomic E-state index is 0.171. The van der Waals surface area contributed by atoms with Gasteiger partial charge in [0.25, 0.3) is 0 Å². The number of rotatable bonds is 3. The summed E-state index contributed by atoms with van der Waals surface area (Å²) in [4.78, 5) is 0. The Labute approximate surface area is 81.9 Å². The van der Waals surface area contributed by atoms with Gasteiger partial charge in [0.15, 0.2) is 0 Å². The zero-order chi connectivity index (χ0) is 8.97. The summed E-state index contributed by atoms with van der Waals surface area (Å²) < 4.78 is 5.29. The number of methoxy groups -OCH3 is 1. The van der Waals surface area contributed by atoms with E-state index in [4.69, 9.17) is 4.74 Å². The number of aryl methyl sites for hydroxylation is 1. The van der Waals surface area contributed by atoms with E-state index in [1.807, 2.05) is 0 Å². The zero-order valence-electron chi connectivity index (χ0n) is 7.38. The number of halogens is 1. The zero-order valence-corrected chi connectivity index (χ0v) is 8.97. The van der Waals surface area contributed by atoms with Gasteiger partial charge in [0.1, 0.15) is 0 Å². The van der Waals surface area contributed by atoms with Crippen LogP contribution in [0.1, 0.15) is 17.2 Å². The molecule has 1 aromatic carbocycles. The second kappa shape index (κ2) is 4.63. The molecule has 2 heteroatoms. The fourth-order valence-electron chi connectivity index (χ4n) is 1.16. The molecule has 1 nitrogen and oxygen atoms in total. The Kier molecular flexibility index (Phi) is 3.76. The number of hydrogen-bond donors (Lipinski definition) is 0. The van der Waals surface area contributed by atoms with Crippen molar-refractivity contribution in [1.29, 1.82) is 0 Å². The molecule has 0 saturated heterocycles. The Morgan fingerprint density at radius 1 is 1.50 bits per heavy atom. The Hall–Kier alpha value is -0.340. The van der Waals surface area contributed by atoms with Crippen LogP contribution in [-0.2, 0) is 4.74 Å². The van der Waals surface area contributed by atoms with Crippen LogP contribution in [0.15, 0.2) is 24.3 Å². The molecular weight excluding hydrogens is 216 g/mol. The van der Waals surface area contributed by atoms with Gasteiger partial charge in [-0.3, -0.25) is 0 Å². The lowest BCUT2D eigenvalue weighted by Gasteiger charge is -2.12. The molecule has 1 aromatic rings. The van der Waals surface area contributed by atoms with Gasteiger partial charge in [0.2, 0.25) is 0 Å². The van der Waals surface area contributed by atoms with Crippen molar-refractivity contribution >= 4 is 15.9 Å². The molecule has 1 atom stereocenters. The average molecular weight is 229 g/mol. The second-order valence-electron chi connectivity index (χ2n) is 2.79. The monoisotopic (exact) mass is 228 g/mol. The smallest absolute Gasteiger partial charge is 0.0917 e. The highest BCUT2D eigenvalue weighted by Crippen LogP contribution is 2.19. The molecule has 0 aliphatic rings. The summed E-state index contributed by atoms with van der Waals surface area (Å²) in [5, 5.41) is 0.840. The lowest BCUT2D eigenvalue weighted by atomic mass is 10.1. The van der Waals surface area contributed by atoms with Crippen LogP contribution in [0.5, 0.6) is 0 Å². The molecule has 1 unspecified atom stereocenters. The molecule has 0 aliphatic heterocycles. The largest absolute Gasteiger partial charge is 0.376 e. The first-order chi connectivity index (χ1) is 5.77. The summed E-state index contributed by atoms with van der Waals surface area (Å²) in [7, 11) is 1.73. The van der Waals surface area contributed by atoms with Crippen molar-refractivity contribution in [2.75, 3.05) is 12.4 Å². The van der Waals surface area contributed by atoms with Crippen molar-refractivity contribution in [1.82, 2.24) is 0 Å². The van der Waals surface area contributed by atoms with E-state index in [2.05, 4.69) is 47.1 Å². The van der Waals surface area contributed by atoms with Crippen LogP contribution < -0.4 is 0 Å². The number of hydrogen-bond acceptors (Lipinski definition) is 1. The topological polar surface area (TPSA) is 9.23 Å². The summed E-state index contributed by atoms with van der Waals surface area (Å²) in [6.45, 7) is 2.09. The third-order valence-corrected chi connectivity index (χ3v) is 2.43. The summed E-state index contributed by atoms with van der Waals surface area (Å²) in [6, 6.07) is 8.38. The first kappa shape index (κ1) is 9.75. The predicted octanol–water partition coefficient (Wildman–Crippen LogP) is 3.08. The van der Waals surface area contributed by atoms with E-state index >= 15 is 0 Å². The standard InChI is InChI=1S/C10H13BrO/c1-8-4-3-5-9(6-8)10(7-11)12-2/h3-6,10H,7H2,1-2H3. The van der Waals surface area contributed by atoms with Gasteiger partial charge in [-0.15, -0.1) is 0 Å². The minimum atomic E-state index is 0.171. The molecule has 0 bridgehead atoms. The van der Waals surface area contributed by atoms with Gasteiger partial charge in [-0.2, -0.15) is 0 Å². The highest BCUT2D eigenvalue weighted by molar-refractivity contribution is 9.09. The van der Waals surface area contributed by atoms with Gasteiger partial charge >= 0.3 is 0 Å². The molecular formula is C10H13BrO. The van der Waals surface area contributed by atoms with E-state index < -0.39 is 0 Å². The molecule has 0 aromatic heterocycles. The van der Waals surface area contributed by atoms with E-state index in [0.717, 1.165) is 5.33 Å². The van der Waals surface area contributed by atoms with E-state index in [9.17, 15) is 0 Å². The average Bonchev–Trinajstić information content (AvgIpc) is 2.07. The molecule has 0 N–H and O–H groups in total. The summed E-state index contributed by atoms with van der Waals surface area (Å²) in [5.74, 6) is 0. The molecule has 0 fully saturated rings. The van der Waals surface area contributed by atoms with E-state index in [1.54, 1.807) is 7.11 Å². The van der Waals surface area contributed by atoms with E-state index in [-0.39, 0.29) is 6.10 Å². The first-order valence-corrected chi connectivity index (χ1v) is 5.05. The van der Waals surface area contributed by atoms with Crippen molar-refractivity contribution in [3.05, 3.63) is 35.4 Å². The van der Waals surface area contributed by atoms with Crippen LogP contribution in [0.4, 0.5) is 0 Å². The van der Waals surface area contributed by atoms with Crippen LogP contribution in [0, 0.1) is 6.92 Å². The molecule has 0 radical (unpaired) electrons. The molecule has 0 spiro atoms. The third-order valence-electron chi connectivity index (χ3n) is 1.84. The molecule has 12 heavy (non-hydrogen) atoms. The van der Waals surface area contributed by atoms with Crippen molar-refractivity contribution in [2.24, 2.45) is 0 Å². The van der Waals surface area contributed by atoms with Crippen LogP contribution in [0.25, 0.3) is 0 Å². The quantitative estimate of drug-likeness (QED) is 0.723. The molecule has 0 heterocycles. The van der Waals surface area contributed by atoms with E-state index in [1.165, 1.54) is 11.1 Å². The minimum Gasteiger partial charge on any atom is -0.376 e. The van der Waals surface area contributed by atoms with Crippen LogP contribution in [0.3, 0.4) is 0 Å². The maximum Gasteiger partial charge on any atom is 0.0917 e. The molecule has 1 rings (SSSR count). The Bertz CT molecular complexity index is 243. The fraction of sp³-hybridized carbons (Fsp3) is 0.400. The summed E-state index contributed by atoms with van der Waals surface area (Å²) in [5.41, 5.74) is 2.50. The number of benzene rings is 1. The third kappa shape index (κ3) is 2.32. The van der Waals surface area contributed by atoms with Gasteiger partial charge in [0.05, 0.1) is 6.10 Å². The van der Waals surface area contributed by atoms with Gasteiger partial charge in [-0.1, -0.05) is 45.8 Å². The molecule has 0 amide bonds. The summed E-state index contributed by atoms with van der Waals surface area (Å²) >= 11 is 3.41. The molecule has 0 saturated carbocycles. The SMILES string of the molecule is COC(CBr)c1cccc(C)c1. The highest BCUT2D eigenvalue weighted by atomic mass is 79.9. The second-order valence-corrected chi connectivity index (χ2v) is 3.44. The number of alkyl halides is 1. The fourth-order valence-corrected chi connectivity index (χ4v) is 1.80. The van der Waals surface area contributed by atoms with Gasteiger partial charge < -0.3 is 4.74 Å². The maximum atomic E-state index is 5.29. The molecule has 66 valence electrons. The van der Waals surface area contributed by atoms with Crippen LogP contribution in [-0.4, -0.2) is 12.4 Å². The number of ether oxygens (including phenoxy) is 1.